The third kappa shape index (κ3) is 6.18. The maximum absolute atomic E-state index is 12.8. The van der Waals surface area contributed by atoms with Gasteiger partial charge in [-0.25, -0.2) is 4.98 Å². The zero-order chi connectivity index (χ0) is 26.3. The highest BCUT2D eigenvalue weighted by molar-refractivity contribution is 7.98. The molecule has 0 unspecified atom stereocenters. The molecule has 0 saturated carbocycles. The van der Waals surface area contributed by atoms with E-state index in [1.807, 2.05) is 85.9 Å². The Labute approximate surface area is 231 Å². The van der Waals surface area contributed by atoms with Crippen LogP contribution in [0.3, 0.4) is 0 Å². The van der Waals surface area contributed by atoms with Gasteiger partial charge in [0, 0.05) is 34.6 Å². The summed E-state index contributed by atoms with van der Waals surface area (Å²) < 4.78 is 7.82. The lowest BCUT2D eigenvalue weighted by molar-refractivity contribution is 0.0950. The number of benzene rings is 3. The zero-order valence-electron chi connectivity index (χ0n) is 20.9. The smallest absolute Gasteiger partial charge is 0.251 e. The number of hydrogen-bond donors (Lipinski definition) is 1. The summed E-state index contributed by atoms with van der Waals surface area (Å²) in [6.07, 6.45) is 3.60. The molecular weight excluding hydrogens is 516 g/mol. The second-order valence-electron chi connectivity index (χ2n) is 8.68. The van der Waals surface area contributed by atoms with Crippen LogP contribution >= 0.6 is 23.4 Å². The van der Waals surface area contributed by atoms with Gasteiger partial charge < -0.3 is 14.6 Å². The van der Waals surface area contributed by atoms with E-state index >= 15 is 0 Å². The number of halogens is 1. The normalized spacial score (nSPS) is 11.0. The average molecular weight is 543 g/mol. The third-order valence-corrected chi connectivity index (χ3v) is 7.32. The fourth-order valence-corrected chi connectivity index (χ4v) is 5.32. The van der Waals surface area contributed by atoms with Crippen LogP contribution < -0.4 is 10.1 Å². The number of rotatable bonds is 10. The lowest BCUT2D eigenvalue weighted by Gasteiger charge is -2.12. The topological polar surface area (TPSA) is 69.0 Å². The number of carbonyl (C=O) groups excluding carboxylic acids is 1. The van der Waals surface area contributed by atoms with E-state index in [-0.39, 0.29) is 5.91 Å². The van der Waals surface area contributed by atoms with Crippen molar-refractivity contribution in [3.05, 3.63) is 119 Å². The van der Waals surface area contributed by atoms with Crippen LogP contribution in [0, 0.1) is 0 Å². The molecular formula is C30H27ClN4O2S. The van der Waals surface area contributed by atoms with Gasteiger partial charge in [-0.15, -0.1) is 0 Å². The first-order chi connectivity index (χ1) is 18.6. The van der Waals surface area contributed by atoms with Crippen molar-refractivity contribution >= 4 is 40.3 Å². The molecule has 2 aromatic heterocycles. The maximum atomic E-state index is 12.8. The van der Waals surface area contributed by atoms with Gasteiger partial charge in [-0.3, -0.25) is 9.78 Å². The number of hydrogen-bond acceptors (Lipinski definition) is 5. The number of ether oxygens (including phenoxy) is 1. The van der Waals surface area contributed by atoms with E-state index in [0.29, 0.717) is 25.3 Å². The molecule has 3 aromatic carbocycles. The van der Waals surface area contributed by atoms with Gasteiger partial charge in [0.2, 0.25) is 0 Å². The summed E-state index contributed by atoms with van der Waals surface area (Å²) in [6, 6.07) is 25.2. The standard InChI is InChI=1S/C30H27ClN4O2S/c1-2-37-28-9-4-3-7-24(28)17-33-29(36)23-12-10-21(11-13-23)19-35-27-18-32-15-14-26(27)34-30(35)38-20-22-6-5-8-25(31)16-22/h3-16,18H,2,17,19-20H2,1H3,(H,33,36). The van der Waals surface area contributed by atoms with E-state index in [0.717, 1.165) is 49.4 Å². The number of fused-ring (bicyclic) bond motifs is 1. The van der Waals surface area contributed by atoms with Gasteiger partial charge in [0.1, 0.15) is 5.75 Å². The Hall–Kier alpha value is -3.81. The summed E-state index contributed by atoms with van der Waals surface area (Å²) >= 11 is 7.82. The monoisotopic (exact) mass is 542 g/mol. The highest BCUT2D eigenvalue weighted by Crippen LogP contribution is 2.28. The number of nitrogens with one attached hydrogen (secondary N) is 1. The van der Waals surface area contributed by atoms with Crippen LogP contribution in [0.15, 0.2) is 96.4 Å². The van der Waals surface area contributed by atoms with Gasteiger partial charge in [0.25, 0.3) is 5.91 Å². The van der Waals surface area contributed by atoms with Crippen LogP contribution in [0.5, 0.6) is 5.75 Å². The molecule has 1 N–H and O–H groups in total. The lowest BCUT2D eigenvalue weighted by atomic mass is 10.1. The fraction of sp³-hybridized carbons (Fsp3) is 0.167. The number of amides is 1. The molecule has 0 aliphatic heterocycles. The van der Waals surface area contributed by atoms with Crippen molar-refractivity contribution in [3.8, 4) is 5.75 Å². The molecule has 8 heteroatoms. The van der Waals surface area contributed by atoms with Crippen LogP contribution in [0.2, 0.25) is 5.02 Å². The molecule has 38 heavy (non-hydrogen) atoms. The van der Waals surface area contributed by atoms with Crippen molar-refractivity contribution < 1.29 is 9.53 Å². The molecule has 0 fully saturated rings. The Bertz CT molecular complexity index is 1550. The predicted molar refractivity (Wildman–Crippen MR) is 153 cm³/mol. The Balaban J connectivity index is 1.29. The Morgan fingerprint density at radius 3 is 2.68 bits per heavy atom. The number of pyridine rings is 1. The van der Waals surface area contributed by atoms with Crippen molar-refractivity contribution in [1.82, 2.24) is 19.9 Å². The van der Waals surface area contributed by atoms with E-state index in [2.05, 4.69) is 20.9 Å². The Morgan fingerprint density at radius 2 is 1.87 bits per heavy atom. The molecule has 2 heterocycles. The van der Waals surface area contributed by atoms with Crippen molar-refractivity contribution in [3.63, 3.8) is 0 Å². The fourth-order valence-electron chi connectivity index (χ4n) is 4.15. The number of aromatic nitrogens is 3. The molecule has 0 aliphatic rings. The van der Waals surface area contributed by atoms with Crippen molar-refractivity contribution in [2.45, 2.75) is 30.9 Å². The van der Waals surface area contributed by atoms with Crippen LogP contribution in [0.25, 0.3) is 11.0 Å². The van der Waals surface area contributed by atoms with Gasteiger partial charge in [-0.2, -0.15) is 0 Å². The van der Waals surface area contributed by atoms with Gasteiger partial charge in [-0.05, 0) is 54.4 Å². The largest absolute Gasteiger partial charge is 0.494 e. The van der Waals surface area contributed by atoms with E-state index in [4.69, 9.17) is 21.3 Å². The summed E-state index contributed by atoms with van der Waals surface area (Å²) in [5.74, 6) is 1.41. The summed E-state index contributed by atoms with van der Waals surface area (Å²) in [7, 11) is 0. The van der Waals surface area contributed by atoms with Crippen molar-refractivity contribution in [1.29, 1.82) is 0 Å². The molecule has 0 radical (unpaired) electrons. The van der Waals surface area contributed by atoms with E-state index in [1.54, 1.807) is 18.0 Å². The van der Waals surface area contributed by atoms with Crippen LogP contribution in [-0.4, -0.2) is 27.0 Å². The highest BCUT2D eigenvalue weighted by atomic mass is 35.5. The van der Waals surface area contributed by atoms with Crippen LogP contribution in [0.4, 0.5) is 0 Å². The Kier molecular flexibility index (Phi) is 8.26. The van der Waals surface area contributed by atoms with Gasteiger partial charge in [0.05, 0.1) is 30.4 Å². The first kappa shape index (κ1) is 25.8. The predicted octanol–water partition coefficient (Wildman–Crippen LogP) is 6.75. The number of nitrogens with zero attached hydrogens (tertiary/aromatic N) is 3. The summed E-state index contributed by atoms with van der Waals surface area (Å²) in [4.78, 5) is 22.0. The SMILES string of the molecule is CCOc1ccccc1CNC(=O)c1ccc(Cn2c(SCc3cccc(Cl)c3)nc3ccncc32)cc1. The molecule has 192 valence electrons. The van der Waals surface area contributed by atoms with Gasteiger partial charge >= 0.3 is 0 Å². The number of para-hydroxylation sites is 1. The Morgan fingerprint density at radius 1 is 1.03 bits per heavy atom. The van der Waals surface area contributed by atoms with Crippen molar-refractivity contribution in [2.24, 2.45) is 0 Å². The summed E-state index contributed by atoms with van der Waals surface area (Å²) in [5, 5.41) is 4.62. The van der Waals surface area contributed by atoms with Gasteiger partial charge in [-0.1, -0.05) is 65.8 Å². The first-order valence-electron chi connectivity index (χ1n) is 12.4. The second kappa shape index (κ2) is 12.2. The number of thioether (sulfide) groups is 1. The molecule has 5 rings (SSSR count). The lowest BCUT2D eigenvalue weighted by Crippen LogP contribution is -2.23. The first-order valence-corrected chi connectivity index (χ1v) is 13.7. The van der Waals surface area contributed by atoms with Crippen LogP contribution in [-0.2, 0) is 18.8 Å². The van der Waals surface area contributed by atoms with Crippen LogP contribution in [0.1, 0.15) is 34.0 Å². The third-order valence-electron chi connectivity index (χ3n) is 6.04. The quantitative estimate of drug-likeness (QED) is 0.198. The highest BCUT2D eigenvalue weighted by Gasteiger charge is 2.13. The molecule has 6 nitrogen and oxygen atoms in total. The second-order valence-corrected chi connectivity index (χ2v) is 10.1. The van der Waals surface area contributed by atoms with E-state index in [1.165, 1.54) is 0 Å². The zero-order valence-corrected chi connectivity index (χ0v) is 22.5. The molecule has 0 aliphatic carbocycles. The molecule has 0 atom stereocenters. The molecule has 0 spiro atoms. The maximum Gasteiger partial charge on any atom is 0.251 e. The summed E-state index contributed by atoms with van der Waals surface area (Å²) in [6.45, 7) is 3.54. The van der Waals surface area contributed by atoms with E-state index < -0.39 is 0 Å². The molecule has 0 saturated heterocycles. The minimum atomic E-state index is -0.127. The molecule has 1 amide bonds. The van der Waals surface area contributed by atoms with Gasteiger partial charge in [0.15, 0.2) is 5.16 Å². The van der Waals surface area contributed by atoms with E-state index in [9.17, 15) is 4.79 Å². The summed E-state index contributed by atoms with van der Waals surface area (Å²) in [5.41, 5.74) is 5.63. The number of carbonyl (C=O) groups is 1. The molecule has 5 aromatic rings. The average Bonchev–Trinajstić information content (AvgIpc) is 3.29. The molecule has 0 bridgehead atoms. The minimum absolute atomic E-state index is 0.127. The minimum Gasteiger partial charge on any atom is -0.494 e. The van der Waals surface area contributed by atoms with Crippen molar-refractivity contribution in [2.75, 3.05) is 6.61 Å². The number of imidazole rings is 1.